The van der Waals surface area contributed by atoms with E-state index in [2.05, 4.69) is 41.0 Å². The van der Waals surface area contributed by atoms with Crippen molar-refractivity contribution in [3.05, 3.63) is 23.9 Å². The minimum Gasteiger partial charge on any atom is -0.475 e. The molecule has 1 aromatic heterocycles. The number of ether oxygens (including phenoxy) is 2. The van der Waals surface area contributed by atoms with Crippen molar-refractivity contribution in [2.24, 2.45) is 16.8 Å². The summed E-state index contributed by atoms with van der Waals surface area (Å²) in [5, 5.41) is 3.41. The monoisotopic (exact) mass is 532 g/mol. The number of carbonyl (C=O) groups excluding carboxylic acids is 1. The molecule has 0 amide bonds. The highest BCUT2D eigenvalue weighted by Crippen LogP contribution is 2.19. The third-order valence-corrected chi connectivity index (χ3v) is 5.00. The predicted molar refractivity (Wildman–Crippen MR) is 130 cm³/mol. The largest absolute Gasteiger partial charge is 0.475 e. The number of nitrogens with zero attached hydrogens (tertiary/aromatic N) is 3. The van der Waals surface area contributed by atoms with Crippen molar-refractivity contribution in [1.82, 2.24) is 15.2 Å². The molecule has 1 aliphatic heterocycles. The molecule has 0 saturated carbocycles. The SMILES string of the molecule is CCOC(=O)C1CCN(C(=NC)NCc2ccnc(OC(C)CC(C)C)c2)CC1.I. The molecule has 0 aliphatic carbocycles. The van der Waals surface area contributed by atoms with Gasteiger partial charge in [-0.1, -0.05) is 13.8 Å². The fraction of sp³-hybridized carbons (Fsp3) is 0.682. The number of pyridine rings is 1. The highest BCUT2D eigenvalue weighted by molar-refractivity contribution is 14.0. The quantitative estimate of drug-likeness (QED) is 0.237. The normalized spacial score (nSPS) is 16.1. The molecule has 1 saturated heterocycles. The number of likely N-dealkylation sites (tertiary alicyclic amines) is 1. The molecule has 1 unspecified atom stereocenters. The second-order valence-electron chi connectivity index (χ2n) is 7.97. The first-order valence-corrected chi connectivity index (χ1v) is 10.7. The van der Waals surface area contributed by atoms with Gasteiger partial charge in [-0.15, -0.1) is 24.0 Å². The van der Waals surface area contributed by atoms with Crippen LogP contribution in [0.15, 0.2) is 23.3 Å². The average molecular weight is 532 g/mol. The number of nitrogens with one attached hydrogen (secondary N) is 1. The van der Waals surface area contributed by atoms with E-state index in [-0.39, 0.29) is 42.0 Å². The molecular formula is C22H37IN4O3. The van der Waals surface area contributed by atoms with Gasteiger partial charge in [0, 0.05) is 38.9 Å². The zero-order valence-electron chi connectivity index (χ0n) is 18.9. The maximum Gasteiger partial charge on any atom is 0.309 e. The van der Waals surface area contributed by atoms with Gasteiger partial charge in [0.2, 0.25) is 5.88 Å². The number of rotatable bonds is 8. The Hall–Kier alpha value is -1.58. The van der Waals surface area contributed by atoms with Crippen LogP contribution in [0.2, 0.25) is 0 Å². The molecule has 1 fully saturated rings. The summed E-state index contributed by atoms with van der Waals surface area (Å²) < 4.78 is 11.1. The second-order valence-corrected chi connectivity index (χ2v) is 7.97. The first kappa shape index (κ1) is 26.5. The standard InChI is InChI=1S/C22H36N4O3.HI/c1-6-28-21(27)19-8-11-26(12-9-19)22(23-5)25-15-18-7-10-24-20(14-18)29-17(4)13-16(2)3;/h7,10,14,16-17,19H,6,8-9,11-13,15H2,1-5H3,(H,23,25);1H. The Balaban J connectivity index is 0.00000450. The molecule has 1 aromatic rings. The van der Waals surface area contributed by atoms with E-state index in [9.17, 15) is 4.79 Å². The Kier molecular flexibility index (Phi) is 12.1. The number of esters is 1. The summed E-state index contributed by atoms with van der Waals surface area (Å²) in [6, 6.07) is 3.96. The van der Waals surface area contributed by atoms with Crippen LogP contribution in [0.25, 0.3) is 0 Å². The third kappa shape index (κ3) is 8.65. The number of aliphatic imine (C=N–C) groups is 1. The number of halogens is 1. The van der Waals surface area contributed by atoms with E-state index < -0.39 is 0 Å². The van der Waals surface area contributed by atoms with E-state index in [0.29, 0.717) is 24.9 Å². The molecule has 8 heteroatoms. The molecule has 0 aromatic carbocycles. The first-order chi connectivity index (χ1) is 13.9. The van der Waals surface area contributed by atoms with Crippen LogP contribution in [-0.2, 0) is 16.1 Å². The minimum atomic E-state index is -0.0777. The van der Waals surface area contributed by atoms with Crippen molar-refractivity contribution < 1.29 is 14.3 Å². The summed E-state index contributed by atoms with van der Waals surface area (Å²) in [6.07, 6.45) is 4.50. The molecule has 1 atom stereocenters. The Morgan fingerprint density at radius 3 is 2.63 bits per heavy atom. The van der Waals surface area contributed by atoms with Crippen molar-refractivity contribution in [2.45, 2.75) is 59.6 Å². The Labute approximate surface area is 198 Å². The van der Waals surface area contributed by atoms with Crippen LogP contribution in [0, 0.1) is 11.8 Å². The van der Waals surface area contributed by atoms with Crippen molar-refractivity contribution in [1.29, 1.82) is 0 Å². The molecule has 30 heavy (non-hydrogen) atoms. The Bertz CT molecular complexity index is 676. The number of hydrogen-bond donors (Lipinski definition) is 1. The maximum absolute atomic E-state index is 11.9. The number of carbonyl (C=O) groups is 1. The molecule has 2 rings (SSSR count). The van der Waals surface area contributed by atoms with Gasteiger partial charge in [0.25, 0.3) is 0 Å². The maximum atomic E-state index is 11.9. The zero-order chi connectivity index (χ0) is 21.2. The lowest BCUT2D eigenvalue weighted by Crippen LogP contribution is -2.46. The summed E-state index contributed by atoms with van der Waals surface area (Å²) in [4.78, 5) is 22.8. The number of aromatic nitrogens is 1. The highest BCUT2D eigenvalue weighted by atomic mass is 127. The Morgan fingerprint density at radius 2 is 2.03 bits per heavy atom. The molecule has 170 valence electrons. The highest BCUT2D eigenvalue weighted by Gasteiger charge is 2.27. The lowest BCUT2D eigenvalue weighted by molar-refractivity contribution is -0.149. The van der Waals surface area contributed by atoms with Gasteiger partial charge < -0.3 is 19.7 Å². The smallest absolute Gasteiger partial charge is 0.309 e. The van der Waals surface area contributed by atoms with E-state index in [1.54, 1.807) is 13.2 Å². The minimum absolute atomic E-state index is 0. The van der Waals surface area contributed by atoms with Gasteiger partial charge in [-0.05, 0) is 50.7 Å². The van der Waals surface area contributed by atoms with Crippen molar-refractivity contribution in [2.75, 3.05) is 26.7 Å². The van der Waals surface area contributed by atoms with E-state index in [0.717, 1.165) is 43.9 Å². The topological polar surface area (TPSA) is 76.0 Å². The Morgan fingerprint density at radius 1 is 1.33 bits per heavy atom. The van der Waals surface area contributed by atoms with E-state index in [1.165, 1.54) is 0 Å². The van der Waals surface area contributed by atoms with Crippen LogP contribution in [0.4, 0.5) is 0 Å². The lowest BCUT2D eigenvalue weighted by Gasteiger charge is -2.33. The van der Waals surface area contributed by atoms with E-state index in [4.69, 9.17) is 9.47 Å². The van der Waals surface area contributed by atoms with Gasteiger partial charge in [0.05, 0.1) is 18.6 Å². The van der Waals surface area contributed by atoms with Gasteiger partial charge in [-0.2, -0.15) is 0 Å². The first-order valence-electron chi connectivity index (χ1n) is 10.7. The van der Waals surface area contributed by atoms with Gasteiger partial charge in [-0.25, -0.2) is 4.98 Å². The van der Waals surface area contributed by atoms with Crippen molar-refractivity contribution in [3.63, 3.8) is 0 Å². The van der Waals surface area contributed by atoms with Gasteiger partial charge in [-0.3, -0.25) is 9.79 Å². The fourth-order valence-electron chi connectivity index (χ4n) is 3.64. The van der Waals surface area contributed by atoms with Crippen LogP contribution in [0.5, 0.6) is 5.88 Å². The molecule has 7 nitrogen and oxygen atoms in total. The molecule has 1 aliphatic rings. The predicted octanol–water partition coefficient (Wildman–Crippen LogP) is 3.86. The number of hydrogen-bond acceptors (Lipinski definition) is 5. The molecule has 0 bridgehead atoms. The van der Waals surface area contributed by atoms with Crippen LogP contribution in [0.3, 0.4) is 0 Å². The molecule has 1 N–H and O–H groups in total. The van der Waals surface area contributed by atoms with E-state index >= 15 is 0 Å². The molecule has 0 spiro atoms. The van der Waals surface area contributed by atoms with Crippen molar-refractivity contribution >= 4 is 35.9 Å². The van der Waals surface area contributed by atoms with E-state index in [1.807, 2.05) is 19.1 Å². The molecular weight excluding hydrogens is 495 g/mol. The summed E-state index contributed by atoms with van der Waals surface area (Å²) in [5.74, 6) is 2.01. The van der Waals surface area contributed by atoms with Crippen LogP contribution in [-0.4, -0.2) is 54.7 Å². The number of guanidine groups is 1. The van der Waals surface area contributed by atoms with Gasteiger partial charge >= 0.3 is 5.97 Å². The summed E-state index contributed by atoms with van der Waals surface area (Å²) in [6.45, 7) is 11.0. The van der Waals surface area contributed by atoms with Gasteiger partial charge in [0.15, 0.2) is 5.96 Å². The zero-order valence-corrected chi connectivity index (χ0v) is 21.2. The van der Waals surface area contributed by atoms with Gasteiger partial charge in [0.1, 0.15) is 0 Å². The number of piperidine rings is 1. The molecule has 2 heterocycles. The fourth-order valence-corrected chi connectivity index (χ4v) is 3.64. The van der Waals surface area contributed by atoms with Crippen LogP contribution in [0.1, 0.15) is 52.5 Å². The summed E-state index contributed by atoms with van der Waals surface area (Å²) in [5.41, 5.74) is 1.09. The van der Waals surface area contributed by atoms with Crippen LogP contribution < -0.4 is 10.1 Å². The summed E-state index contributed by atoms with van der Waals surface area (Å²) in [7, 11) is 1.79. The average Bonchev–Trinajstić information content (AvgIpc) is 2.68. The van der Waals surface area contributed by atoms with Crippen LogP contribution >= 0.6 is 24.0 Å². The third-order valence-electron chi connectivity index (χ3n) is 5.00. The molecule has 0 radical (unpaired) electrons. The van der Waals surface area contributed by atoms with Crippen molar-refractivity contribution in [3.8, 4) is 5.88 Å². The second kappa shape index (κ2) is 13.7. The summed E-state index contributed by atoms with van der Waals surface area (Å²) >= 11 is 0. The lowest BCUT2D eigenvalue weighted by atomic mass is 9.97.